The lowest BCUT2D eigenvalue weighted by Crippen LogP contribution is -2.05. The molecule has 0 N–H and O–H groups in total. The van der Waals surface area contributed by atoms with Crippen LogP contribution in [0.4, 0.5) is 0 Å². The molecule has 0 amide bonds. The minimum absolute atomic E-state index is 0.0000525. The quantitative estimate of drug-likeness (QED) is 0.0731. The monoisotopic (exact) mass is 541 g/mol. The maximum Gasteiger partial charge on any atom is 0.305 e. The Balaban J connectivity index is 0. The van der Waals surface area contributed by atoms with Gasteiger partial charge in [-0.25, -0.2) is 0 Å². The van der Waals surface area contributed by atoms with Crippen molar-refractivity contribution < 1.29 is 19.1 Å². The van der Waals surface area contributed by atoms with Crippen LogP contribution in [0.3, 0.4) is 0 Å². The maximum atomic E-state index is 11.5. The van der Waals surface area contributed by atoms with Crippen LogP contribution in [0.15, 0.2) is 0 Å². The van der Waals surface area contributed by atoms with Gasteiger partial charge in [0, 0.05) is 12.8 Å². The van der Waals surface area contributed by atoms with E-state index in [2.05, 4.69) is 27.7 Å². The van der Waals surface area contributed by atoms with Gasteiger partial charge < -0.3 is 9.47 Å². The van der Waals surface area contributed by atoms with E-state index in [-0.39, 0.29) is 11.9 Å². The standard InChI is InChI=1S/C18H36O2.C16H32O2/c1-3-5-7-9-11-13-15-17-20-18(19)16-14-12-10-8-6-4-2;1-3-5-7-9-11-13-15-18-16(17)14-12-10-8-6-4-2/h3-17H2,1-2H3;3-15H2,1-2H3. The molecule has 0 aromatic heterocycles. The van der Waals surface area contributed by atoms with Crippen molar-refractivity contribution in [3.63, 3.8) is 0 Å². The summed E-state index contributed by atoms with van der Waals surface area (Å²) >= 11 is 0. The van der Waals surface area contributed by atoms with Gasteiger partial charge in [-0.2, -0.15) is 0 Å². The molecular weight excluding hydrogens is 472 g/mol. The summed E-state index contributed by atoms with van der Waals surface area (Å²) in [4.78, 5) is 22.9. The molecule has 4 heteroatoms. The van der Waals surface area contributed by atoms with E-state index in [1.54, 1.807) is 0 Å². The molecule has 4 nitrogen and oxygen atoms in total. The molecule has 0 heterocycles. The first-order valence-corrected chi connectivity index (χ1v) is 16.9. The van der Waals surface area contributed by atoms with E-state index in [1.165, 1.54) is 128 Å². The van der Waals surface area contributed by atoms with Gasteiger partial charge in [-0.3, -0.25) is 9.59 Å². The molecule has 0 spiro atoms. The van der Waals surface area contributed by atoms with Crippen molar-refractivity contribution in [1.29, 1.82) is 0 Å². The van der Waals surface area contributed by atoms with Gasteiger partial charge in [-0.1, -0.05) is 156 Å². The minimum atomic E-state index is 0.0000525. The number of hydrogen-bond donors (Lipinski definition) is 0. The third-order valence-electron chi connectivity index (χ3n) is 6.99. The second-order valence-corrected chi connectivity index (χ2v) is 11.0. The summed E-state index contributed by atoms with van der Waals surface area (Å²) in [6.07, 6.45) is 30.8. The molecule has 0 rings (SSSR count). The lowest BCUT2D eigenvalue weighted by Gasteiger charge is -2.05. The lowest BCUT2D eigenvalue weighted by atomic mass is 10.1. The Morgan fingerprint density at radius 3 is 0.868 bits per heavy atom. The average molecular weight is 541 g/mol. The summed E-state index contributed by atoms with van der Waals surface area (Å²) in [5.74, 6) is 0.00605. The molecule has 0 aliphatic rings. The van der Waals surface area contributed by atoms with Gasteiger partial charge >= 0.3 is 11.9 Å². The topological polar surface area (TPSA) is 52.6 Å². The van der Waals surface area contributed by atoms with Crippen molar-refractivity contribution in [3.8, 4) is 0 Å². The van der Waals surface area contributed by atoms with E-state index in [1.807, 2.05) is 0 Å². The van der Waals surface area contributed by atoms with Gasteiger partial charge in [0.2, 0.25) is 0 Å². The van der Waals surface area contributed by atoms with Crippen molar-refractivity contribution in [2.45, 2.75) is 195 Å². The Morgan fingerprint density at radius 2 is 0.579 bits per heavy atom. The van der Waals surface area contributed by atoms with Gasteiger partial charge in [0.15, 0.2) is 0 Å². The van der Waals surface area contributed by atoms with Crippen LogP contribution < -0.4 is 0 Å². The molecular formula is C34H68O4. The number of unbranched alkanes of at least 4 members (excludes halogenated alkanes) is 20. The van der Waals surface area contributed by atoms with E-state index in [0.717, 1.165) is 25.7 Å². The molecule has 0 aliphatic heterocycles. The first kappa shape index (κ1) is 39.1. The fourth-order valence-corrected chi connectivity index (χ4v) is 4.38. The van der Waals surface area contributed by atoms with Crippen molar-refractivity contribution in [2.75, 3.05) is 13.2 Å². The number of rotatable bonds is 28. The highest BCUT2D eigenvalue weighted by atomic mass is 16.5. The van der Waals surface area contributed by atoms with Crippen LogP contribution in [-0.2, 0) is 19.1 Å². The Morgan fingerprint density at radius 1 is 0.342 bits per heavy atom. The summed E-state index contributed by atoms with van der Waals surface area (Å²) in [6.45, 7) is 10.1. The summed E-state index contributed by atoms with van der Waals surface area (Å²) in [5.41, 5.74) is 0. The molecule has 0 aromatic carbocycles. The Hall–Kier alpha value is -1.06. The predicted molar refractivity (Wildman–Crippen MR) is 165 cm³/mol. The first-order chi connectivity index (χ1) is 18.6. The van der Waals surface area contributed by atoms with Crippen molar-refractivity contribution >= 4 is 11.9 Å². The lowest BCUT2D eigenvalue weighted by molar-refractivity contribution is -0.144. The number of hydrogen-bond acceptors (Lipinski definition) is 4. The molecule has 0 atom stereocenters. The normalized spacial score (nSPS) is 10.6. The molecule has 0 bridgehead atoms. The smallest absolute Gasteiger partial charge is 0.305 e. The van der Waals surface area contributed by atoms with Crippen LogP contribution in [-0.4, -0.2) is 25.2 Å². The van der Waals surface area contributed by atoms with Crippen molar-refractivity contribution in [3.05, 3.63) is 0 Å². The third kappa shape index (κ3) is 37.1. The molecule has 0 aliphatic carbocycles. The van der Waals surface area contributed by atoms with Gasteiger partial charge in [0.05, 0.1) is 13.2 Å². The molecule has 0 saturated carbocycles. The molecule has 0 unspecified atom stereocenters. The maximum absolute atomic E-state index is 11.5. The van der Waals surface area contributed by atoms with E-state index in [9.17, 15) is 9.59 Å². The molecule has 228 valence electrons. The zero-order valence-corrected chi connectivity index (χ0v) is 26.4. The number of ether oxygens (including phenoxy) is 2. The van der Waals surface area contributed by atoms with Crippen LogP contribution in [0, 0.1) is 0 Å². The predicted octanol–water partition coefficient (Wildman–Crippen LogP) is 11.3. The Bertz CT molecular complexity index is 463. The van der Waals surface area contributed by atoms with Crippen LogP contribution in [0.5, 0.6) is 0 Å². The van der Waals surface area contributed by atoms with Crippen LogP contribution in [0.1, 0.15) is 195 Å². The van der Waals surface area contributed by atoms with Gasteiger partial charge in [-0.15, -0.1) is 0 Å². The fraction of sp³-hybridized carbons (Fsp3) is 0.941. The minimum Gasteiger partial charge on any atom is -0.466 e. The zero-order valence-electron chi connectivity index (χ0n) is 26.4. The Kier molecular flexibility index (Phi) is 37.0. The Labute approximate surface area is 238 Å². The molecule has 0 radical (unpaired) electrons. The fourth-order valence-electron chi connectivity index (χ4n) is 4.38. The second-order valence-electron chi connectivity index (χ2n) is 11.0. The number of esters is 2. The molecule has 38 heavy (non-hydrogen) atoms. The van der Waals surface area contributed by atoms with Gasteiger partial charge in [0.25, 0.3) is 0 Å². The molecule has 0 saturated heterocycles. The third-order valence-corrected chi connectivity index (χ3v) is 6.99. The van der Waals surface area contributed by atoms with E-state index >= 15 is 0 Å². The summed E-state index contributed by atoms with van der Waals surface area (Å²) in [6, 6.07) is 0. The van der Waals surface area contributed by atoms with Gasteiger partial charge in [-0.05, 0) is 25.7 Å². The van der Waals surface area contributed by atoms with E-state index in [4.69, 9.17) is 9.47 Å². The second kappa shape index (κ2) is 35.9. The van der Waals surface area contributed by atoms with Crippen molar-refractivity contribution in [2.24, 2.45) is 0 Å². The highest BCUT2D eigenvalue weighted by Gasteiger charge is 2.03. The van der Waals surface area contributed by atoms with Crippen molar-refractivity contribution in [1.82, 2.24) is 0 Å². The summed E-state index contributed by atoms with van der Waals surface area (Å²) < 4.78 is 10.5. The first-order valence-electron chi connectivity index (χ1n) is 16.9. The van der Waals surface area contributed by atoms with Gasteiger partial charge in [0.1, 0.15) is 0 Å². The van der Waals surface area contributed by atoms with Crippen LogP contribution >= 0.6 is 0 Å². The summed E-state index contributed by atoms with van der Waals surface area (Å²) in [5, 5.41) is 0. The van der Waals surface area contributed by atoms with Crippen LogP contribution in [0.2, 0.25) is 0 Å². The number of carbonyl (C=O) groups is 2. The molecule has 0 aromatic rings. The SMILES string of the molecule is CCCCCCCCCOC(=O)CCCCCCCC.CCCCCCCCOC(=O)CCCCCCC. The zero-order chi connectivity index (χ0) is 28.4. The highest BCUT2D eigenvalue weighted by molar-refractivity contribution is 5.69. The van der Waals surface area contributed by atoms with E-state index in [0.29, 0.717) is 26.1 Å². The molecule has 0 fully saturated rings. The number of carbonyl (C=O) groups excluding carboxylic acids is 2. The summed E-state index contributed by atoms with van der Waals surface area (Å²) in [7, 11) is 0. The average Bonchev–Trinajstić information content (AvgIpc) is 2.92. The highest BCUT2D eigenvalue weighted by Crippen LogP contribution is 2.10. The largest absolute Gasteiger partial charge is 0.466 e. The van der Waals surface area contributed by atoms with Crippen LogP contribution in [0.25, 0.3) is 0 Å². The van der Waals surface area contributed by atoms with E-state index < -0.39 is 0 Å².